The molecular weight excluding hydrogens is 320 g/mol. The number of benzene rings is 1. The van der Waals surface area contributed by atoms with Gasteiger partial charge in [0.25, 0.3) is 0 Å². The van der Waals surface area contributed by atoms with Gasteiger partial charge < -0.3 is 14.2 Å². The molecule has 1 heterocycles. The van der Waals surface area contributed by atoms with Crippen molar-refractivity contribution in [3.63, 3.8) is 0 Å². The predicted octanol–water partition coefficient (Wildman–Crippen LogP) is 3.39. The minimum absolute atomic E-state index is 0.294. The molecule has 1 aliphatic heterocycles. The summed E-state index contributed by atoms with van der Waals surface area (Å²) in [5.74, 6) is 0.860. The molecule has 0 radical (unpaired) electrons. The van der Waals surface area contributed by atoms with Crippen LogP contribution in [0.2, 0.25) is 0 Å². The Balaban J connectivity index is 2.06. The maximum Gasteiger partial charge on any atom is 0.136 e. The fourth-order valence-electron chi connectivity index (χ4n) is 2.47. The molecule has 0 aromatic heterocycles. The van der Waals surface area contributed by atoms with Gasteiger partial charge in [-0.25, -0.2) is 0 Å². The smallest absolute Gasteiger partial charge is 0.136 e. The Morgan fingerprint density at radius 2 is 1.92 bits per heavy atom. The van der Waals surface area contributed by atoms with Crippen LogP contribution in [0.3, 0.4) is 0 Å². The first kappa shape index (κ1) is 18.9. The molecule has 0 saturated heterocycles. The highest BCUT2D eigenvalue weighted by molar-refractivity contribution is 7.90. The third-order valence-corrected chi connectivity index (χ3v) is 5.59. The van der Waals surface area contributed by atoms with Crippen LogP contribution in [-0.2, 0) is 17.9 Å². The number of hydrogen-bond donors (Lipinski definition) is 1. The van der Waals surface area contributed by atoms with Gasteiger partial charge >= 0.3 is 0 Å². The van der Waals surface area contributed by atoms with Crippen molar-refractivity contribution in [1.29, 1.82) is 0 Å². The van der Waals surface area contributed by atoms with Crippen molar-refractivity contribution in [3.05, 3.63) is 54.3 Å². The standard InChI is InChI=1S/C19H28N2O2S/c1-18(2,3)24(22)20-19(4)12-6-7-13-21(15-19)14-16-8-10-17(23-5)11-9-16/h6-13,20H,14-15H2,1-5H3. The van der Waals surface area contributed by atoms with Crippen LogP contribution >= 0.6 is 0 Å². The monoisotopic (exact) mass is 348 g/mol. The highest BCUT2D eigenvalue weighted by Crippen LogP contribution is 2.22. The molecule has 4 nitrogen and oxygen atoms in total. The Morgan fingerprint density at radius 3 is 2.50 bits per heavy atom. The van der Waals surface area contributed by atoms with E-state index in [1.807, 2.05) is 45.1 Å². The van der Waals surface area contributed by atoms with Gasteiger partial charge in [0.2, 0.25) is 0 Å². The average Bonchev–Trinajstić information content (AvgIpc) is 2.68. The maximum absolute atomic E-state index is 12.5. The van der Waals surface area contributed by atoms with E-state index in [4.69, 9.17) is 4.74 Å². The van der Waals surface area contributed by atoms with Crippen LogP contribution < -0.4 is 9.46 Å². The predicted molar refractivity (Wildman–Crippen MR) is 101 cm³/mol. The summed E-state index contributed by atoms with van der Waals surface area (Å²) in [6.07, 6.45) is 8.20. The van der Waals surface area contributed by atoms with E-state index in [1.54, 1.807) is 7.11 Å². The molecule has 1 aromatic rings. The summed E-state index contributed by atoms with van der Waals surface area (Å²) in [4.78, 5) is 2.23. The van der Waals surface area contributed by atoms with Crippen LogP contribution in [0.25, 0.3) is 0 Å². The van der Waals surface area contributed by atoms with Crippen molar-refractivity contribution >= 4 is 11.4 Å². The van der Waals surface area contributed by atoms with Crippen LogP contribution in [-0.4, -0.2) is 33.4 Å². The highest BCUT2D eigenvalue weighted by Gasteiger charge is 2.35. The summed E-state index contributed by atoms with van der Waals surface area (Å²) >= 11 is -1.12. The van der Waals surface area contributed by atoms with Crippen LogP contribution in [0, 0.1) is 0 Å². The van der Waals surface area contributed by atoms with Gasteiger partial charge in [-0.15, -0.1) is 4.72 Å². The molecule has 0 spiro atoms. The number of nitrogens with one attached hydrogen (secondary N) is 1. The Hall–Kier alpha value is -1.43. The zero-order valence-corrected chi connectivity index (χ0v) is 16.0. The molecule has 24 heavy (non-hydrogen) atoms. The molecule has 0 saturated carbocycles. The van der Waals surface area contributed by atoms with Crippen LogP contribution in [0.15, 0.2) is 48.7 Å². The molecule has 2 unspecified atom stereocenters. The van der Waals surface area contributed by atoms with Gasteiger partial charge in [-0.2, -0.15) is 0 Å². The lowest BCUT2D eigenvalue weighted by molar-refractivity contribution is 0.299. The van der Waals surface area contributed by atoms with Crippen molar-refractivity contribution in [2.24, 2.45) is 0 Å². The normalized spacial score (nSPS) is 22.3. The molecule has 0 fully saturated rings. The minimum atomic E-state index is -1.12. The van der Waals surface area contributed by atoms with Gasteiger partial charge in [0.1, 0.15) is 10.5 Å². The summed E-state index contributed by atoms with van der Waals surface area (Å²) in [7, 11) is 1.67. The fourth-order valence-corrected chi connectivity index (χ4v) is 3.33. The van der Waals surface area contributed by atoms with Gasteiger partial charge in [-0.05, 0) is 57.7 Å². The molecule has 0 aliphatic carbocycles. The van der Waals surface area contributed by atoms with Crippen LogP contribution in [0.4, 0.5) is 0 Å². The van der Waals surface area contributed by atoms with E-state index in [0.717, 1.165) is 18.8 Å². The third kappa shape index (κ3) is 5.30. The van der Waals surface area contributed by atoms with Gasteiger partial charge in [-0.1, -0.05) is 24.3 Å². The average molecular weight is 349 g/mol. The number of allylic oxidation sites excluding steroid dienone is 2. The highest BCUT2D eigenvalue weighted by atomic mass is 32.2. The summed E-state index contributed by atoms with van der Waals surface area (Å²) in [6.45, 7) is 9.56. The molecule has 2 atom stereocenters. The topological polar surface area (TPSA) is 47.6 Å². The van der Waals surface area contributed by atoms with E-state index in [-0.39, 0.29) is 10.3 Å². The Labute approximate surface area is 148 Å². The second-order valence-corrected chi connectivity index (χ2v) is 9.32. The van der Waals surface area contributed by atoms with E-state index in [0.29, 0.717) is 0 Å². The van der Waals surface area contributed by atoms with E-state index in [2.05, 4.69) is 41.0 Å². The lowest BCUT2D eigenvalue weighted by atomic mass is 10.0. The van der Waals surface area contributed by atoms with Crippen LogP contribution in [0.1, 0.15) is 33.3 Å². The lowest BCUT2D eigenvalue weighted by Gasteiger charge is -2.35. The Kier molecular flexibility index (Phi) is 6.01. The Morgan fingerprint density at radius 1 is 1.25 bits per heavy atom. The maximum atomic E-state index is 12.5. The fraction of sp³-hybridized carbons (Fsp3) is 0.474. The number of ether oxygens (including phenoxy) is 1. The first-order valence-corrected chi connectivity index (χ1v) is 9.29. The summed E-state index contributed by atoms with van der Waals surface area (Å²) in [6, 6.07) is 8.09. The SMILES string of the molecule is COc1ccc(CN2C=CC=CC(C)(N[S+]([O-])C(C)(C)C)C2)cc1. The van der Waals surface area contributed by atoms with Gasteiger partial charge in [0.15, 0.2) is 0 Å². The second-order valence-electron chi connectivity index (χ2n) is 7.35. The molecule has 132 valence electrons. The summed E-state index contributed by atoms with van der Waals surface area (Å²) in [5, 5.41) is 0. The number of methoxy groups -OCH3 is 1. The Bertz CT molecular complexity index is 592. The molecule has 0 bridgehead atoms. The van der Waals surface area contributed by atoms with E-state index in [1.165, 1.54) is 5.56 Å². The quantitative estimate of drug-likeness (QED) is 0.829. The van der Waals surface area contributed by atoms with Crippen molar-refractivity contribution in [3.8, 4) is 5.75 Å². The first-order valence-electron chi connectivity index (χ1n) is 8.15. The minimum Gasteiger partial charge on any atom is -0.598 e. The van der Waals surface area contributed by atoms with Gasteiger partial charge in [0, 0.05) is 24.5 Å². The first-order chi connectivity index (χ1) is 11.2. The number of rotatable bonds is 5. The molecule has 5 heteroatoms. The van der Waals surface area contributed by atoms with Gasteiger partial charge in [-0.3, -0.25) is 0 Å². The largest absolute Gasteiger partial charge is 0.598 e. The van der Waals surface area contributed by atoms with E-state index < -0.39 is 11.4 Å². The zero-order chi connectivity index (χ0) is 17.8. The van der Waals surface area contributed by atoms with E-state index >= 15 is 0 Å². The molecule has 1 aliphatic rings. The number of hydrogen-bond acceptors (Lipinski definition) is 4. The van der Waals surface area contributed by atoms with Gasteiger partial charge in [0.05, 0.1) is 12.6 Å². The van der Waals surface area contributed by atoms with Crippen LogP contribution in [0.5, 0.6) is 5.75 Å². The van der Waals surface area contributed by atoms with Crippen molar-refractivity contribution < 1.29 is 9.29 Å². The number of nitrogens with zero attached hydrogens (tertiary/aromatic N) is 1. The summed E-state index contributed by atoms with van der Waals surface area (Å²) in [5.41, 5.74) is 0.857. The van der Waals surface area contributed by atoms with Crippen molar-refractivity contribution in [2.45, 2.75) is 44.5 Å². The van der Waals surface area contributed by atoms with E-state index in [9.17, 15) is 4.55 Å². The second kappa shape index (κ2) is 7.64. The van der Waals surface area contributed by atoms with Crippen molar-refractivity contribution in [2.75, 3.05) is 13.7 Å². The molecular formula is C19H28N2O2S. The molecule has 0 amide bonds. The lowest BCUT2D eigenvalue weighted by Crippen LogP contribution is -2.54. The van der Waals surface area contributed by atoms with Crippen molar-refractivity contribution in [1.82, 2.24) is 9.62 Å². The zero-order valence-electron chi connectivity index (χ0n) is 15.2. The summed E-state index contributed by atoms with van der Waals surface area (Å²) < 4.78 is 20.7. The third-order valence-electron chi connectivity index (χ3n) is 3.83. The molecule has 1 aromatic carbocycles. The molecule has 2 rings (SSSR count). The molecule has 1 N–H and O–H groups in total.